The number of hydrogen-bond donors (Lipinski definition) is 4. The van der Waals surface area contributed by atoms with Gasteiger partial charge in [0, 0.05) is 13.1 Å². The van der Waals surface area contributed by atoms with Crippen molar-refractivity contribution in [3.63, 3.8) is 0 Å². The van der Waals surface area contributed by atoms with Crippen molar-refractivity contribution in [2.24, 2.45) is 0 Å². The smallest absolute Gasteiger partial charge is 0.245 e. The van der Waals surface area contributed by atoms with Gasteiger partial charge in [-0.3, -0.25) is 9.59 Å². The van der Waals surface area contributed by atoms with Gasteiger partial charge in [0.1, 0.15) is 13.2 Å². The summed E-state index contributed by atoms with van der Waals surface area (Å²) in [7, 11) is 0. The molecule has 0 bridgehead atoms. The number of aliphatic hydroxyl groups excluding tert-OH is 2. The van der Waals surface area contributed by atoms with Crippen LogP contribution >= 0.6 is 0 Å². The van der Waals surface area contributed by atoms with E-state index in [4.69, 9.17) is 10.2 Å². The zero-order valence-corrected chi connectivity index (χ0v) is 9.37. The molecule has 0 aliphatic rings. The Bertz CT molecular complexity index is 187. The first-order valence-electron chi connectivity index (χ1n) is 5.45. The minimum absolute atomic E-state index is 0.352. The van der Waals surface area contributed by atoms with Crippen molar-refractivity contribution >= 4 is 11.8 Å². The van der Waals surface area contributed by atoms with Gasteiger partial charge in [-0.2, -0.15) is 0 Å². The molecule has 0 radical (unpaired) electrons. The first kappa shape index (κ1) is 14.9. The van der Waals surface area contributed by atoms with Crippen LogP contribution < -0.4 is 10.6 Å². The summed E-state index contributed by atoms with van der Waals surface area (Å²) in [6.45, 7) is 0.213. The molecule has 6 heteroatoms. The molecule has 2 amide bonds. The maximum Gasteiger partial charge on any atom is 0.245 e. The summed E-state index contributed by atoms with van der Waals surface area (Å²) in [6.07, 6.45) is 3.64. The van der Waals surface area contributed by atoms with E-state index in [-0.39, 0.29) is 11.8 Å². The molecule has 0 aromatic rings. The molecule has 6 nitrogen and oxygen atoms in total. The minimum Gasteiger partial charge on any atom is -0.387 e. The molecule has 0 heterocycles. The summed E-state index contributed by atoms with van der Waals surface area (Å²) in [6, 6.07) is 0. The zero-order chi connectivity index (χ0) is 12.2. The Labute approximate surface area is 95.0 Å². The van der Waals surface area contributed by atoms with Crippen LogP contribution in [0.25, 0.3) is 0 Å². The highest BCUT2D eigenvalue weighted by Crippen LogP contribution is 1.97. The van der Waals surface area contributed by atoms with Crippen LogP contribution in [0.1, 0.15) is 25.7 Å². The molecule has 0 aromatic carbocycles. The van der Waals surface area contributed by atoms with Gasteiger partial charge in [-0.05, 0) is 12.8 Å². The van der Waals surface area contributed by atoms with Gasteiger partial charge in [0.25, 0.3) is 0 Å². The average Bonchev–Trinajstić information content (AvgIpc) is 2.31. The van der Waals surface area contributed by atoms with Gasteiger partial charge < -0.3 is 20.8 Å². The van der Waals surface area contributed by atoms with Crippen LogP contribution in [-0.2, 0) is 9.59 Å². The van der Waals surface area contributed by atoms with Crippen LogP contribution in [0.5, 0.6) is 0 Å². The Morgan fingerprint density at radius 3 is 1.44 bits per heavy atom. The molecule has 16 heavy (non-hydrogen) atoms. The van der Waals surface area contributed by atoms with Crippen LogP contribution in [0, 0.1) is 0 Å². The van der Waals surface area contributed by atoms with Gasteiger partial charge in [-0.15, -0.1) is 0 Å². The van der Waals surface area contributed by atoms with E-state index in [1.807, 2.05) is 0 Å². The lowest BCUT2D eigenvalue weighted by Crippen LogP contribution is -2.27. The summed E-state index contributed by atoms with van der Waals surface area (Å²) in [4.78, 5) is 21.2. The summed E-state index contributed by atoms with van der Waals surface area (Å²) >= 11 is 0. The lowest BCUT2D eigenvalue weighted by Gasteiger charge is -2.04. The van der Waals surface area contributed by atoms with Crippen molar-refractivity contribution in [1.29, 1.82) is 0 Å². The number of nitrogens with one attached hydrogen (secondary N) is 2. The van der Waals surface area contributed by atoms with Gasteiger partial charge in [0.2, 0.25) is 11.8 Å². The Balaban J connectivity index is 3.10. The third-order valence-corrected chi connectivity index (χ3v) is 2.04. The topological polar surface area (TPSA) is 98.7 Å². The zero-order valence-electron chi connectivity index (χ0n) is 9.37. The third kappa shape index (κ3) is 9.42. The number of rotatable bonds is 9. The van der Waals surface area contributed by atoms with Crippen molar-refractivity contribution in [3.8, 4) is 0 Å². The van der Waals surface area contributed by atoms with E-state index >= 15 is 0 Å². The van der Waals surface area contributed by atoms with Crippen LogP contribution in [0.2, 0.25) is 0 Å². The van der Waals surface area contributed by atoms with Crippen molar-refractivity contribution in [2.75, 3.05) is 26.3 Å². The van der Waals surface area contributed by atoms with Gasteiger partial charge in [-0.1, -0.05) is 12.8 Å². The van der Waals surface area contributed by atoms with E-state index in [1.54, 1.807) is 0 Å². The Kier molecular flexibility index (Phi) is 9.64. The van der Waals surface area contributed by atoms with E-state index in [2.05, 4.69) is 10.6 Å². The molecule has 0 aromatic heterocycles. The number of hydrogen-bond acceptors (Lipinski definition) is 4. The SMILES string of the molecule is O=C(CO)NCCCCCCNC(=O)CO. The van der Waals surface area contributed by atoms with E-state index in [0.717, 1.165) is 25.7 Å². The second-order valence-corrected chi connectivity index (χ2v) is 3.43. The molecule has 0 aliphatic carbocycles. The molecular formula is C10H20N2O4. The summed E-state index contributed by atoms with van der Waals surface area (Å²) < 4.78 is 0. The van der Waals surface area contributed by atoms with Crippen molar-refractivity contribution < 1.29 is 19.8 Å². The second kappa shape index (κ2) is 10.4. The lowest BCUT2D eigenvalue weighted by atomic mass is 10.2. The number of amides is 2. The highest BCUT2D eigenvalue weighted by Gasteiger charge is 1.97. The quantitative estimate of drug-likeness (QED) is 0.374. The largest absolute Gasteiger partial charge is 0.387 e. The normalized spacial score (nSPS) is 9.88. The van der Waals surface area contributed by atoms with Gasteiger partial charge in [0.05, 0.1) is 0 Å². The molecule has 94 valence electrons. The standard InChI is InChI=1S/C10H20N2O4/c13-7-9(15)11-5-3-1-2-4-6-12-10(16)8-14/h13-14H,1-8H2,(H,11,15)(H,12,16). The van der Waals surface area contributed by atoms with Gasteiger partial charge in [-0.25, -0.2) is 0 Å². The highest BCUT2D eigenvalue weighted by molar-refractivity contribution is 5.77. The van der Waals surface area contributed by atoms with Crippen molar-refractivity contribution in [3.05, 3.63) is 0 Å². The fourth-order valence-corrected chi connectivity index (χ4v) is 1.17. The number of aliphatic hydroxyl groups is 2. The predicted molar refractivity (Wildman–Crippen MR) is 58.7 cm³/mol. The Morgan fingerprint density at radius 1 is 0.750 bits per heavy atom. The maximum atomic E-state index is 10.6. The van der Waals surface area contributed by atoms with Crippen molar-refractivity contribution in [2.45, 2.75) is 25.7 Å². The molecule has 0 spiro atoms. The van der Waals surface area contributed by atoms with Crippen LogP contribution in [0.4, 0.5) is 0 Å². The molecule has 0 saturated carbocycles. The number of carbonyl (C=O) groups excluding carboxylic acids is 2. The average molecular weight is 232 g/mol. The third-order valence-electron chi connectivity index (χ3n) is 2.04. The maximum absolute atomic E-state index is 10.6. The lowest BCUT2D eigenvalue weighted by molar-refractivity contribution is -0.124. The first-order valence-corrected chi connectivity index (χ1v) is 5.45. The molecular weight excluding hydrogens is 212 g/mol. The van der Waals surface area contributed by atoms with E-state index in [9.17, 15) is 9.59 Å². The second-order valence-electron chi connectivity index (χ2n) is 3.43. The first-order chi connectivity index (χ1) is 7.70. The summed E-state index contributed by atoms with van der Waals surface area (Å²) in [5.74, 6) is -0.703. The van der Waals surface area contributed by atoms with Crippen LogP contribution in [-0.4, -0.2) is 48.3 Å². The summed E-state index contributed by atoms with van der Waals surface area (Å²) in [5.41, 5.74) is 0. The van der Waals surface area contributed by atoms with Gasteiger partial charge >= 0.3 is 0 Å². The van der Waals surface area contributed by atoms with Crippen molar-refractivity contribution in [1.82, 2.24) is 10.6 Å². The molecule has 0 rings (SSSR count). The molecule has 0 saturated heterocycles. The monoisotopic (exact) mass is 232 g/mol. The van der Waals surface area contributed by atoms with E-state index in [1.165, 1.54) is 0 Å². The van der Waals surface area contributed by atoms with Crippen LogP contribution in [0.3, 0.4) is 0 Å². The molecule has 0 aliphatic heterocycles. The fourth-order valence-electron chi connectivity index (χ4n) is 1.17. The molecule has 0 fully saturated rings. The molecule has 4 N–H and O–H groups in total. The predicted octanol–water partition coefficient (Wildman–Crippen LogP) is -1.24. The Morgan fingerprint density at radius 2 is 1.12 bits per heavy atom. The molecule has 0 atom stereocenters. The van der Waals surface area contributed by atoms with Crippen LogP contribution in [0.15, 0.2) is 0 Å². The number of carbonyl (C=O) groups is 2. The summed E-state index contributed by atoms with van der Waals surface area (Å²) in [5, 5.41) is 21.9. The minimum atomic E-state index is -0.465. The van der Waals surface area contributed by atoms with E-state index in [0.29, 0.717) is 13.1 Å². The Hall–Kier alpha value is -1.14. The van der Waals surface area contributed by atoms with E-state index < -0.39 is 13.2 Å². The molecule has 0 unspecified atom stereocenters. The fraction of sp³-hybridized carbons (Fsp3) is 0.800. The number of unbranched alkanes of at least 4 members (excludes halogenated alkanes) is 3. The highest BCUT2D eigenvalue weighted by atomic mass is 16.3. The van der Waals surface area contributed by atoms with Gasteiger partial charge in [0.15, 0.2) is 0 Å².